The van der Waals surface area contributed by atoms with Crippen LogP contribution in [0.3, 0.4) is 0 Å². The van der Waals surface area contributed by atoms with E-state index in [1.54, 1.807) is 0 Å². The molecule has 5 nitrogen and oxygen atoms in total. The minimum absolute atomic E-state index is 0.283. The highest BCUT2D eigenvalue weighted by Crippen LogP contribution is 2.35. The molecule has 0 aliphatic carbocycles. The molecule has 1 aromatic rings. The van der Waals surface area contributed by atoms with Gasteiger partial charge in [0.25, 0.3) is 0 Å². The van der Waals surface area contributed by atoms with Gasteiger partial charge in [0.2, 0.25) is 5.82 Å². The molecule has 0 bridgehead atoms. The quantitative estimate of drug-likeness (QED) is 0.453. The number of nitro groups is 1. The first-order valence-corrected chi connectivity index (χ1v) is 6.23. The highest BCUT2D eigenvalue weighted by atomic mass is 32.2. The molecule has 100 valence electrons. The van der Waals surface area contributed by atoms with Crippen LogP contribution < -0.4 is 4.74 Å². The summed E-state index contributed by atoms with van der Waals surface area (Å²) in [5, 5.41) is 10.8. The first-order chi connectivity index (χ1) is 8.45. The van der Waals surface area contributed by atoms with E-state index >= 15 is 0 Å². The number of hydrogen-bond donors (Lipinski definition) is 0. The molecule has 0 saturated heterocycles. The molecule has 1 rings (SSSR count). The largest absolute Gasteiger partial charge is 0.497 e. The minimum atomic E-state index is -0.869. The molecule has 18 heavy (non-hydrogen) atoms. The highest BCUT2D eigenvalue weighted by molar-refractivity contribution is 7.99. The molecule has 0 aromatic heterocycles. The number of thioether (sulfide) groups is 1. The van der Waals surface area contributed by atoms with Gasteiger partial charge in [-0.25, -0.2) is 0 Å². The van der Waals surface area contributed by atoms with Crippen molar-refractivity contribution in [2.75, 3.05) is 33.5 Å². The van der Waals surface area contributed by atoms with Gasteiger partial charge in [-0.2, -0.15) is 4.39 Å². The Morgan fingerprint density at radius 2 is 2.17 bits per heavy atom. The maximum Gasteiger partial charge on any atom is 0.318 e. The molecule has 0 atom stereocenters. The van der Waals surface area contributed by atoms with E-state index < -0.39 is 16.4 Å². The molecule has 0 aliphatic rings. The standard InChI is InChI=1S/C11H15FN2O3S/c1-13(2)4-5-18-10-7-8(17-3)6-9(12)11(10)14(15)16/h6-7H,4-5H2,1-3H3. The van der Waals surface area contributed by atoms with E-state index in [1.807, 2.05) is 19.0 Å². The number of methoxy groups -OCH3 is 1. The van der Waals surface area contributed by atoms with Crippen molar-refractivity contribution >= 4 is 17.4 Å². The van der Waals surface area contributed by atoms with Crippen LogP contribution in [-0.2, 0) is 0 Å². The maximum atomic E-state index is 13.6. The van der Waals surface area contributed by atoms with E-state index in [4.69, 9.17) is 4.74 Å². The zero-order valence-electron chi connectivity index (χ0n) is 10.5. The van der Waals surface area contributed by atoms with Gasteiger partial charge < -0.3 is 9.64 Å². The van der Waals surface area contributed by atoms with Crippen molar-refractivity contribution < 1.29 is 14.1 Å². The molecule has 0 fully saturated rings. The number of nitro benzene ring substituents is 1. The first-order valence-electron chi connectivity index (χ1n) is 5.25. The van der Waals surface area contributed by atoms with E-state index in [2.05, 4.69) is 0 Å². The zero-order chi connectivity index (χ0) is 13.7. The smallest absolute Gasteiger partial charge is 0.318 e. The monoisotopic (exact) mass is 274 g/mol. The van der Waals surface area contributed by atoms with E-state index in [0.29, 0.717) is 10.6 Å². The van der Waals surface area contributed by atoms with Gasteiger partial charge in [-0.05, 0) is 14.1 Å². The molecule has 1 aromatic carbocycles. The molecule has 0 heterocycles. The van der Waals surface area contributed by atoms with E-state index in [9.17, 15) is 14.5 Å². The molecule has 0 spiro atoms. The second-order valence-electron chi connectivity index (χ2n) is 3.86. The van der Waals surface area contributed by atoms with Crippen LogP contribution in [0.1, 0.15) is 0 Å². The summed E-state index contributed by atoms with van der Waals surface area (Å²) in [5.74, 6) is 0.0534. The van der Waals surface area contributed by atoms with Crippen molar-refractivity contribution in [3.8, 4) is 5.75 Å². The van der Waals surface area contributed by atoms with Crippen LogP contribution in [0.2, 0.25) is 0 Å². The third kappa shape index (κ3) is 3.85. The first kappa shape index (κ1) is 14.7. The summed E-state index contributed by atoms with van der Waals surface area (Å²) in [4.78, 5) is 12.4. The molecule has 0 saturated carbocycles. The predicted molar refractivity (Wildman–Crippen MR) is 68.9 cm³/mol. The second kappa shape index (κ2) is 6.55. The predicted octanol–water partition coefficient (Wildman–Crippen LogP) is 2.40. The number of hydrogen-bond acceptors (Lipinski definition) is 5. The Balaban J connectivity index is 2.98. The SMILES string of the molecule is COc1cc(F)c([N+](=O)[O-])c(SCCN(C)C)c1. The van der Waals surface area contributed by atoms with Gasteiger partial charge in [0.05, 0.1) is 16.9 Å². The fourth-order valence-corrected chi connectivity index (χ4v) is 2.48. The molecule has 0 unspecified atom stereocenters. The van der Waals surface area contributed by atoms with Gasteiger partial charge in [-0.3, -0.25) is 10.1 Å². The van der Waals surface area contributed by atoms with Crippen LogP contribution in [0.4, 0.5) is 10.1 Å². The summed E-state index contributed by atoms with van der Waals surface area (Å²) in [6.07, 6.45) is 0. The Kier molecular flexibility index (Phi) is 5.36. The lowest BCUT2D eigenvalue weighted by Gasteiger charge is -2.10. The Morgan fingerprint density at radius 3 is 2.67 bits per heavy atom. The molecule has 0 radical (unpaired) electrons. The van der Waals surface area contributed by atoms with E-state index in [-0.39, 0.29) is 5.75 Å². The molecular weight excluding hydrogens is 259 g/mol. The summed E-state index contributed by atoms with van der Waals surface area (Å²) in [6.45, 7) is 0.751. The van der Waals surface area contributed by atoms with Crippen molar-refractivity contribution in [1.29, 1.82) is 0 Å². The third-order valence-corrected chi connectivity index (χ3v) is 3.23. The van der Waals surface area contributed by atoms with Crippen molar-refractivity contribution in [3.05, 3.63) is 28.1 Å². The van der Waals surface area contributed by atoms with Gasteiger partial charge in [0.1, 0.15) is 5.75 Å². The van der Waals surface area contributed by atoms with Crippen molar-refractivity contribution in [2.24, 2.45) is 0 Å². The molecule has 7 heteroatoms. The zero-order valence-corrected chi connectivity index (χ0v) is 11.3. The lowest BCUT2D eigenvalue weighted by atomic mass is 10.3. The number of benzene rings is 1. The average molecular weight is 274 g/mol. The van der Waals surface area contributed by atoms with E-state index in [1.165, 1.54) is 24.9 Å². The lowest BCUT2D eigenvalue weighted by molar-refractivity contribution is -0.390. The van der Waals surface area contributed by atoms with Gasteiger partial charge >= 0.3 is 5.69 Å². The topological polar surface area (TPSA) is 55.6 Å². The average Bonchev–Trinajstić information content (AvgIpc) is 2.27. The van der Waals surface area contributed by atoms with E-state index in [0.717, 1.165) is 12.6 Å². The Hall–Kier alpha value is -1.34. The summed E-state index contributed by atoms with van der Waals surface area (Å²) in [5.41, 5.74) is -0.487. The van der Waals surface area contributed by atoms with Gasteiger partial charge in [0.15, 0.2) is 0 Å². The molecule has 0 amide bonds. The third-order valence-electron chi connectivity index (χ3n) is 2.22. The summed E-state index contributed by atoms with van der Waals surface area (Å²) >= 11 is 1.24. The van der Waals surface area contributed by atoms with Gasteiger partial charge in [-0.1, -0.05) is 0 Å². The van der Waals surface area contributed by atoms with Gasteiger partial charge in [-0.15, -0.1) is 11.8 Å². The second-order valence-corrected chi connectivity index (χ2v) is 5.00. The van der Waals surface area contributed by atoms with Crippen LogP contribution >= 0.6 is 11.8 Å². The van der Waals surface area contributed by atoms with Gasteiger partial charge in [0, 0.05) is 24.4 Å². The summed E-state index contributed by atoms with van der Waals surface area (Å²) in [6, 6.07) is 2.51. The van der Waals surface area contributed by atoms with Crippen LogP contribution in [0.15, 0.2) is 17.0 Å². The van der Waals surface area contributed by atoms with Crippen LogP contribution in [0, 0.1) is 15.9 Å². The van der Waals surface area contributed by atoms with Crippen molar-refractivity contribution in [3.63, 3.8) is 0 Å². The molecular formula is C11H15FN2O3S. The Bertz CT molecular complexity index is 441. The maximum absolute atomic E-state index is 13.6. The molecule has 0 N–H and O–H groups in total. The Labute approximate surface area is 109 Å². The highest BCUT2D eigenvalue weighted by Gasteiger charge is 2.22. The fourth-order valence-electron chi connectivity index (χ4n) is 1.29. The fraction of sp³-hybridized carbons (Fsp3) is 0.455. The van der Waals surface area contributed by atoms with Crippen LogP contribution in [0.25, 0.3) is 0 Å². The normalized spacial score (nSPS) is 10.7. The number of nitrogens with zero attached hydrogens (tertiary/aromatic N) is 2. The lowest BCUT2D eigenvalue weighted by Crippen LogP contribution is -2.14. The number of rotatable bonds is 6. The Morgan fingerprint density at radius 1 is 1.50 bits per heavy atom. The summed E-state index contributed by atoms with van der Waals surface area (Å²) < 4.78 is 18.5. The van der Waals surface area contributed by atoms with Crippen LogP contribution in [-0.4, -0.2) is 43.3 Å². The van der Waals surface area contributed by atoms with Crippen molar-refractivity contribution in [2.45, 2.75) is 4.90 Å². The van der Waals surface area contributed by atoms with Crippen molar-refractivity contribution in [1.82, 2.24) is 4.90 Å². The number of ether oxygens (including phenoxy) is 1. The van der Waals surface area contributed by atoms with Crippen LogP contribution in [0.5, 0.6) is 5.75 Å². The number of halogens is 1. The summed E-state index contributed by atoms with van der Waals surface area (Å²) in [7, 11) is 5.21. The molecule has 0 aliphatic heterocycles. The minimum Gasteiger partial charge on any atom is -0.497 e.